The molecule has 0 saturated carbocycles. The summed E-state index contributed by atoms with van der Waals surface area (Å²) in [7, 11) is -4.21. The molecular weight excluding hydrogens is 472 g/mol. The van der Waals surface area contributed by atoms with Gasteiger partial charge < -0.3 is 9.64 Å². The number of amides is 1. The molecular formula is C24H28N4O4S2. The minimum Gasteiger partial charge on any atom is -0.477 e. The van der Waals surface area contributed by atoms with E-state index in [9.17, 15) is 13.2 Å². The number of carbonyl (C=O) groups is 1. The summed E-state index contributed by atoms with van der Waals surface area (Å²) in [4.78, 5) is 23.7. The van der Waals surface area contributed by atoms with E-state index in [4.69, 9.17) is 4.74 Å². The Morgan fingerprint density at radius 1 is 1.26 bits per heavy atom. The molecule has 3 aromatic rings. The Hall–Kier alpha value is -2.98. The van der Waals surface area contributed by atoms with Crippen molar-refractivity contribution in [3.8, 4) is 5.88 Å². The number of pyridine rings is 2. The zero-order chi connectivity index (χ0) is 24.3. The molecule has 1 unspecified atom stereocenters. The molecule has 4 rings (SSSR count). The molecule has 0 aromatic carbocycles. The molecule has 0 aliphatic carbocycles. The first-order chi connectivity index (χ1) is 16.2. The van der Waals surface area contributed by atoms with Crippen LogP contribution in [-0.2, 0) is 16.4 Å². The molecule has 1 saturated heterocycles. The number of rotatable bonds is 8. The molecule has 1 amide bonds. The zero-order valence-corrected chi connectivity index (χ0v) is 21.0. The number of ether oxygens (including phenoxy) is 1. The van der Waals surface area contributed by atoms with E-state index >= 15 is 0 Å². The molecule has 1 aliphatic heterocycles. The number of nitrogens with one attached hydrogen (secondary N) is 1. The van der Waals surface area contributed by atoms with Crippen molar-refractivity contribution in [2.45, 2.75) is 44.2 Å². The van der Waals surface area contributed by atoms with Crippen LogP contribution in [0.15, 0.2) is 58.4 Å². The minimum atomic E-state index is -4.21. The molecule has 34 heavy (non-hydrogen) atoms. The Bertz CT molecular complexity index is 1260. The average Bonchev–Trinajstić information content (AvgIpc) is 3.40. The van der Waals surface area contributed by atoms with Crippen LogP contribution in [0.2, 0.25) is 0 Å². The van der Waals surface area contributed by atoms with Crippen molar-refractivity contribution < 1.29 is 17.9 Å². The summed E-state index contributed by atoms with van der Waals surface area (Å²) < 4.78 is 33.7. The first-order valence-corrected chi connectivity index (χ1v) is 13.5. The highest BCUT2D eigenvalue weighted by Crippen LogP contribution is 2.37. The SMILES string of the molecule is CC1CN(c2ncccc2C(=O)NS(=O)(=O)c2cccc(OCCc3ccsc3)n2)C(C)(C)C1. The fraction of sp³-hybridized carbons (Fsp3) is 0.375. The highest BCUT2D eigenvalue weighted by atomic mass is 32.2. The molecule has 1 N–H and O–H groups in total. The van der Waals surface area contributed by atoms with Crippen molar-refractivity contribution in [3.05, 3.63) is 64.5 Å². The minimum absolute atomic E-state index is 0.181. The topological polar surface area (TPSA) is 101 Å². The largest absolute Gasteiger partial charge is 0.477 e. The van der Waals surface area contributed by atoms with E-state index in [1.165, 1.54) is 12.1 Å². The summed E-state index contributed by atoms with van der Waals surface area (Å²) in [5, 5.41) is 3.74. The average molecular weight is 501 g/mol. The Morgan fingerprint density at radius 3 is 2.79 bits per heavy atom. The molecule has 0 radical (unpaired) electrons. The van der Waals surface area contributed by atoms with Crippen LogP contribution < -0.4 is 14.4 Å². The van der Waals surface area contributed by atoms with Crippen molar-refractivity contribution in [1.29, 1.82) is 0 Å². The number of sulfonamides is 1. The quantitative estimate of drug-likeness (QED) is 0.500. The molecule has 1 aliphatic rings. The van der Waals surface area contributed by atoms with E-state index in [1.54, 1.807) is 35.7 Å². The second-order valence-corrected chi connectivity index (χ2v) is 11.5. The normalized spacial score (nSPS) is 17.5. The van der Waals surface area contributed by atoms with Gasteiger partial charge in [0.25, 0.3) is 15.9 Å². The third kappa shape index (κ3) is 5.39. The highest BCUT2D eigenvalue weighted by molar-refractivity contribution is 7.90. The van der Waals surface area contributed by atoms with Crippen molar-refractivity contribution >= 4 is 33.1 Å². The van der Waals surface area contributed by atoms with Crippen molar-refractivity contribution in [2.24, 2.45) is 5.92 Å². The zero-order valence-electron chi connectivity index (χ0n) is 19.4. The third-order valence-corrected chi connectivity index (χ3v) is 7.75. The summed E-state index contributed by atoms with van der Waals surface area (Å²) >= 11 is 1.61. The maximum absolute atomic E-state index is 13.1. The predicted molar refractivity (Wildman–Crippen MR) is 132 cm³/mol. The molecule has 8 nitrogen and oxygen atoms in total. The maximum Gasteiger partial charge on any atom is 0.281 e. The lowest BCUT2D eigenvalue weighted by molar-refractivity contribution is 0.0981. The molecule has 1 fully saturated rings. The summed E-state index contributed by atoms with van der Waals surface area (Å²) in [6.45, 7) is 7.44. The molecule has 0 spiro atoms. The fourth-order valence-electron chi connectivity index (χ4n) is 4.31. The van der Waals surface area contributed by atoms with Crippen LogP contribution in [0.1, 0.15) is 43.1 Å². The second-order valence-electron chi connectivity index (χ2n) is 9.09. The highest BCUT2D eigenvalue weighted by Gasteiger charge is 2.39. The van der Waals surface area contributed by atoms with Gasteiger partial charge in [0.15, 0.2) is 5.03 Å². The molecule has 180 valence electrons. The summed E-state index contributed by atoms with van der Waals surface area (Å²) in [5.41, 5.74) is 1.15. The Morgan fingerprint density at radius 2 is 2.09 bits per heavy atom. The van der Waals surface area contributed by atoms with Crippen molar-refractivity contribution in [3.63, 3.8) is 0 Å². The van der Waals surface area contributed by atoms with Gasteiger partial charge in [-0.25, -0.2) is 9.71 Å². The van der Waals surface area contributed by atoms with Gasteiger partial charge in [0.1, 0.15) is 5.82 Å². The van der Waals surface area contributed by atoms with Gasteiger partial charge in [0.2, 0.25) is 5.88 Å². The summed E-state index contributed by atoms with van der Waals surface area (Å²) in [5.74, 6) is 0.343. The van der Waals surface area contributed by atoms with Gasteiger partial charge in [-0.1, -0.05) is 13.0 Å². The summed E-state index contributed by atoms with van der Waals surface area (Å²) in [6.07, 6.45) is 3.25. The molecule has 0 bridgehead atoms. The van der Waals surface area contributed by atoms with E-state index in [0.29, 0.717) is 24.8 Å². The Labute approximate surface area is 204 Å². The van der Waals surface area contributed by atoms with Crippen LogP contribution in [0.25, 0.3) is 0 Å². The van der Waals surface area contributed by atoms with Gasteiger partial charge in [0, 0.05) is 30.8 Å². The number of thiophene rings is 1. The molecule has 3 aromatic heterocycles. The number of anilines is 1. The van der Waals surface area contributed by atoms with Crippen LogP contribution >= 0.6 is 11.3 Å². The predicted octanol–water partition coefficient (Wildman–Crippen LogP) is 3.90. The van der Waals surface area contributed by atoms with Gasteiger partial charge in [0.05, 0.1) is 12.2 Å². The first-order valence-electron chi connectivity index (χ1n) is 11.1. The van der Waals surface area contributed by atoms with Gasteiger partial charge in [-0.3, -0.25) is 4.79 Å². The molecule has 10 heteroatoms. The van der Waals surface area contributed by atoms with Crippen LogP contribution in [0.5, 0.6) is 5.88 Å². The van der Waals surface area contributed by atoms with Crippen LogP contribution in [0.4, 0.5) is 5.82 Å². The number of hydrogen-bond donors (Lipinski definition) is 1. The maximum atomic E-state index is 13.1. The van der Waals surface area contributed by atoms with Gasteiger partial charge in [-0.05, 0) is 66.8 Å². The number of hydrogen-bond acceptors (Lipinski definition) is 8. The lowest BCUT2D eigenvalue weighted by Gasteiger charge is -2.33. The van der Waals surface area contributed by atoms with Crippen molar-refractivity contribution in [2.75, 3.05) is 18.1 Å². The standard InChI is InChI=1S/C24H28N4O4S2/c1-17-14-24(2,3)28(15-17)22-19(6-5-11-25-22)23(29)27-34(30,31)21-8-4-7-20(26-21)32-12-9-18-10-13-33-16-18/h4-8,10-11,13,16-17H,9,12,14-15H2,1-3H3,(H,27,29). The van der Waals surface area contributed by atoms with E-state index in [0.717, 1.165) is 18.5 Å². The fourth-order valence-corrected chi connectivity index (χ4v) is 5.94. The number of nitrogens with zero attached hydrogens (tertiary/aromatic N) is 3. The lowest BCUT2D eigenvalue weighted by atomic mass is 9.97. The van der Waals surface area contributed by atoms with Gasteiger partial charge in [-0.2, -0.15) is 24.7 Å². The first kappa shape index (κ1) is 24.2. The van der Waals surface area contributed by atoms with Crippen LogP contribution in [0.3, 0.4) is 0 Å². The smallest absolute Gasteiger partial charge is 0.281 e. The summed E-state index contributed by atoms with van der Waals surface area (Å²) in [6, 6.07) is 9.67. The van der Waals surface area contributed by atoms with Crippen LogP contribution in [-0.4, -0.2) is 43.0 Å². The van der Waals surface area contributed by atoms with Crippen LogP contribution in [0, 0.1) is 5.92 Å². The Kier molecular flexibility index (Phi) is 6.90. The van der Waals surface area contributed by atoms with E-state index in [2.05, 4.69) is 40.4 Å². The monoisotopic (exact) mass is 500 g/mol. The molecule has 4 heterocycles. The second kappa shape index (κ2) is 9.71. The Balaban J connectivity index is 1.49. The lowest BCUT2D eigenvalue weighted by Crippen LogP contribution is -2.41. The van der Waals surface area contributed by atoms with Crippen molar-refractivity contribution in [1.82, 2.24) is 14.7 Å². The van der Waals surface area contributed by atoms with E-state index in [1.807, 2.05) is 16.8 Å². The number of carbonyl (C=O) groups excluding carboxylic acids is 1. The van der Waals surface area contributed by atoms with E-state index < -0.39 is 15.9 Å². The molecule has 1 atom stereocenters. The number of aromatic nitrogens is 2. The van der Waals surface area contributed by atoms with Gasteiger partial charge >= 0.3 is 0 Å². The van der Waals surface area contributed by atoms with Gasteiger partial charge in [-0.15, -0.1) is 0 Å². The van der Waals surface area contributed by atoms with E-state index in [-0.39, 0.29) is 22.0 Å². The third-order valence-electron chi connectivity index (χ3n) is 5.78.